The van der Waals surface area contributed by atoms with Crippen LogP contribution < -0.4 is 5.32 Å². The van der Waals surface area contributed by atoms with Crippen molar-refractivity contribution in [2.24, 2.45) is 0 Å². The summed E-state index contributed by atoms with van der Waals surface area (Å²) in [6, 6.07) is 11.5. The largest absolute Gasteiger partial charge is 0.340 e. The van der Waals surface area contributed by atoms with Crippen molar-refractivity contribution in [3.8, 4) is 0 Å². The third-order valence-electron chi connectivity index (χ3n) is 4.89. The zero-order chi connectivity index (χ0) is 20.9. The normalized spacial score (nSPS) is 14.6. The Bertz CT molecular complexity index is 996. The molecule has 1 fully saturated rings. The Morgan fingerprint density at radius 3 is 2.53 bits per heavy atom. The molecule has 0 atom stereocenters. The van der Waals surface area contributed by atoms with Crippen molar-refractivity contribution in [2.45, 2.75) is 13.0 Å². The molecule has 4 rings (SSSR count). The van der Waals surface area contributed by atoms with Crippen molar-refractivity contribution in [3.05, 3.63) is 68.3 Å². The van der Waals surface area contributed by atoms with Crippen LogP contribution in [0.25, 0.3) is 0 Å². The van der Waals surface area contributed by atoms with E-state index < -0.39 is 0 Å². The molecule has 0 saturated carbocycles. The van der Waals surface area contributed by atoms with E-state index in [9.17, 15) is 9.59 Å². The molecule has 0 spiro atoms. The average Bonchev–Trinajstić information content (AvgIpc) is 3.43. The van der Waals surface area contributed by atoms with E-state index in [0.717, 1.165) is 24.7 Å². The van der Waals surface area contributed by atoms with Crippen molar-refractivity contribution in [1.29, 1.82) is 0 Å². The van der Waals surface area contributed by atoms with Crippen LogP contribution in [0.15, 0.2) is 47.2 Å². The molecule has 1 aliphatic rings. The number of hydrogen-bond acceptors (Lipinski definition) is 6. The van der Waals surface area contributed by atoms with Gasteiger partial charge in [0, 0.05) is 43.1 Å². The zero-order valence-corrected chi connectivity index (χ0v) is 18.6. The predicted octanol–water partition coefficient (Wildman–Crippen LogP) is 4.00. The maximum atomic E-state index is 12.7. The van der Waals surface area contributed by atoms with Gasteiger partial charge in [-0.3, -0.25) is 19.8 Å². The number of thiazole rings is 1. The fourth-order valence-electron chi connectivity index (χ4n) is 3.28. The summed E-state index contributed by atoms with van der Waals surface area (Å²) < 4.78 is 0. The molecule has 1 N–H and O–H groups in total. The summed E-state index contributed by atoms with van der Waals surface area (Å²) in [6.07, 6.45) is 0.253. The quantitative estimate of drug-likeness (QED) is 0.603. The Kier molecular flexibility index (Phi) is 6.79. The van der Waals surface area contributed by atoms with E-state index in [1.54, 1.807) is 6.07 Å². The Balaban J connectivity index is 1.24. The maximum absolute atomic E-state index is 12.7. The summed E-state index contributed by atoms with van der Waals surface area (Å²) in [7, 11) is 0. The van der Waals surface area contributed by atoms with E-state index in [2.05, 4.69) is 15.2 Å². The lowest BCUT2D eigenvalue weighted by atomic mass is 10.2. The minimum Gasteiger partial charge on any atom is -0.340 e. The van der Waals surface area contributed by atoms with Gasteiger partial charge in [-0.15, -0.1) is 22.7 Å². The van der Waals surface area contributed by atoms with E-state index in [1.807, 2.05) is 46.0 Å². The van der Waals surface area contributed by atoms with Crippen LogP contribution >= 0.6 is 34.3 Å². The molecule has 1 aliphatic heterocycles. The number of piperazine rings is 1. The van der Waals surface area contributed by atoms with Gasteiger partial charge < -0.3 is 4.90 Å². The van der Waals surface area contributed by atoms with Gasteiger partial charge >= 0.3 is 0 Å². The molecule has 6 nitrogen and oxygen atoms in total. The molecule has 0 bridgehead atoms. The first-order valence-electron chi connectivity index (χ1n) is 9.60. The number of benzene rings is 1. The minimum absolute atomic E-state index is 0.0718. The fraction of sp³-hybridized carbons (Fsp3) is 0.286. The number of halogens is 1. The first-order valence-corrected chi connectivity index (χ1v) is 11.7. The lowest BCUT2D eigenvalue weighted by Crippen LogP contribution is -2.48. The summed E-state index contributed by atoms with van der Waals surface area (Å²) in [4.78, 5) is 34.0. The molecule has 156 valence electrons. The van der Waals surface area contributed by atoms with E-state index in [0.29, 0.717) is 28.8 Å². The highest BCUT2D eigenvalue weighted by molar-refractivity contribution is 7.14. The van der Waals surface area contributed by atoms with Crippen molar-refractivity contribution >= 4 is 51.2 Å². The Morgan fingerprint density at radius 2 is 1.83 bits per heavy atom. The Hall–Kier alpha value is -2.26. The highest BCUT2D eigenvalue weighted by Crippen LogP contribution is 2.19. The Labute approximate surface area is 188 Å². The van der Waals surface area contributed by atoms with Crippen molar-refractivity contribution < 1.29 is 9.59 Å². The summed E-state index contributed by atoms with van der Waals surface area (Å²) >= 11 is 8.66. The number of carbonyl (C=O) groups excluding carboxylic acids is 2. The van der Waals surface area contributed by atoms with Crippen LogP contribution in [0.3, 0.4) is 0 Å². The molecule has 1 aromatic carbocycles. The van der Waals surface area contributed by atoms with Crippen molar-refractivity contribution in [2.75, 3.05) is 31.5 Å². The van der Waals surface area contributed by atoms with Gasteiger partial charge in [0.1, 0.15) is 0 Å². The van der Waals surface area contributed by atoms with Crippen LogP contribution in [0.5, 0.6) is 0 Å². The fourth-order valence-corrected chi connectivity index (χ4v) is 4.73. The summed E-state index contributed by atoms with van der Waals surface area (Å²) in [6.45, 7) is 3.96. The lowest BCUT2D eigenvalue weighted by Gasteiger charge is -2.34. The van der Waals surface area contributed by atoms with Gasteiger partial charge in [-0.25, -0.2) is 4.98 Å². The lowest BCUT2D eigenvalue weighted by molar-refractivity contribution is -0.132. The predicted molar refractivity (Wildman–Crippen MR) is 121 cm³/mol. The van der Waals surface area contributed by atoms with E-state index >= 15 is 0 Å². The van der Waals surface area contributed by atoms with Crippen molar-refractivity contribution in [3.63, 3.8) is 0 Å². The smallest absolute Gasteiger partial charge is 0.267 e. The number of aromatic nitrogens is 1. The summed E-state index contributed by atoms with van der Waals surface area (Å²) in [5.41, 5.74) is 1.91. The van der Waals surface area contributed by atoms with Crippen LogP contribution in [-0.2, 0) is 17.8 Å². The maximum Gasteiger partial charge on any atom is 0.267 e. The number of amides is 2. The topological polar surface area (TPSA) is 65.5 Å². The number of hydrogen-bond donors (Lipinski definition) is 1. The standard InChI is InChI=1S/C21H21ClN4O2S2/c22-16-5-3-15(4-6-16)13-25-7-9-26(10-8-25)19(27)12-17-14-30-21(23-17)24-20(28)18-2-1-11-29-18/h1-6,11,14H,7-10,12-13H2,(H,23,24,28). The number of nitrogens with one attached hydrogen (secondary N) is 1. The molecule has 9 heteroatoms. The second-order valence-corrected chi connectivity index (χ2v) is 9.28. The second-order valence-electron chi connectivity index (χ2n) is 7.04. The SMILES string of the molecule is O=C(Nc1nc(CC(=O)N2CCN(Cc3ccc(Cl)cc3)CC2)cs1)c1cccs1. The summed E-state index contributed by atoms with van der Waals surface area (Å²) in [5.74, 6) is -0.100. The zero-order valence-electron chi connectivity index (χ0n) is 16.2. The van der Waals surface area contributed by atoms with E-state index in [1.165, 1.54) is 28.2 Å². The highest BCUT2D eigenvalue weighted by atomic mass is 35.5. The minimum atomic E-state index is -0.172. The first-order chi connectivity index (χ1) is 14.6. The molecule has 3 aromatic rings. The molecule has 30 heavy (non-hydrogen) atoms. The van der Waals surface area contributed by atoms with Crippen LogP contribution in [0, 0.1) is 0 Å². The molecular formula is C21H21ClN4O2S2. The summed E-state index contributed by atoms with van der Waals surface area (Å²) in [5, 5.41) is 7.74. The second kappa shape index (κ2) is 9.70. The molecule has 2 amide bonds. The average molecular weight is 461 g/mol. The van der Waals surface area contributed by atoms with E-state index in [-0.39, 0.29) is 18.2 Å². The van der Waals surface area contributed by atoms with Gasteiger partial charge in [0.15, 0.2) is 5.13 Å². The van der Waals surface area contributed by atoms with Gasteiger partial charge in [-0.1, -0.05) is 29.8 Å². The van der Waals surface area contributed by atoms with Crippen LogP contribution in [0.2, 0.25) is 5.02 Å². The highest BCUT2D eigenvalue weighted by Gasteiger charge is 2.22. The number of rotatable bonds is 6. The van der Waals surface area contributed by atoms with Gasteiger partial charge in [-0.05, 0) is 29.1 Å². The molecule has 0 unspecified atom stereocenters. The Morgan fingerprint density at radius 1 is 1.07 bits per heavy atom. The first kappa shape index (κ1) is 21.0. The number of nitrogens with zero attached hydrogens (tertiary/aromatic N) is 3. The molecule has 1 saturated heterocycles. The molecular weight excluding hydrogens is 440 g/mol. The molecule has 2 aromatic heterocycles. The van der Waals surface area contributed by atoms with Crippen molar-refractivity contribution in [1.82, 2.24) is 14.8 Å². The third-order valence-corrected chi connectivity index (χ3v) is 6.82. The molecule has 0 radical (unpaired) electrons. The van der Waals surface area contributed by atoms with Gasteiger partial charge in [-0.2, -0.15) is 0 Å². The van der Waals surface area contributed by atoms with Gasteiger partial charge in [0.25, 0.3) is 5.91 Å². The van der Waals surface area contributed by atoms with Crippen LogP contribution in [0.1, 0.15) is 20.9 Å². The molecule has 3 heterocycles. The van der Waals surface area contributed by atoms with Crippen LogP contribution in [-0.4, -0.2) is 52.8 Å². The van der Waals surface area contributed by atoms with E-state index in [4.69, 9.17) is 11.6 Å². The monoisotopic (exact) mass is 460 g/mol. The number of thiophene rings is 1. The van der Waals surface area contributed by atoms with Crippen LogP contribution in [0.4, 0.5) is 5.13 Å². The number of anilines is 1. The number of carbonyl (C=O) groups is 2. The van der Waals surface area contributed by atoms with Gasteiger partial charge in [0.2, 0.25) is 5.91 Å². The molecule has 0 aliphatic carbocycles. The third kappa shape index (κ3) is 5.46. The van der Waals surface area contributed by atoms with Gasteiger partial charge in [0.05, 0.1) is 17.0 Å².